The summed E-state index contributed by atoms with van der Waals surface area (Å²) in [6, 6.07) is 14.2. The standard InChI is InChI=1S/C21H23BrN2O2S/c22-17-12-15(25-13-20-24-18-8-4-5-9-19(18)27-20)10-11-16(17)21(26-23)14-6-2-1-3-7-14/h4-5,8-12,14,21H,1-3,6-7,13,23H2. The highest BCUT2D eigenvalue weighted by molar-refractivity contribution is 9.10. The molecule has 1 atom stereocenters. The van der Waals surface area contributed by atoms with Gasteiger partial charge in [-0.1, -0.05) is 53.4 Å². The quantitative estimate of drug-likeness (QED) is 0.461. The molecule has 1 aromatic heterocycles. The average molecular weight is 447 g/mol. The summed E-state index contributed by atoms with van der Waals surface area (Å²) in [7, 11) is 0. The minimum Gasteiger partial charge on any atom is -0.486 e. The van der Waals surface area contributed by atoms with Gasteiger partial charge >= 0.3 is 0 Å². The van der Waals surface area contributed by atoms with Crippen LogP contribution in [0.2, 0.25) is 0 Å². The summed E-state index contributed by atoms with van der Waals surface area (Å²) in [6.07, 6.45) is 6.09. The van der Waals surface area contributed by atoms with Gasteiger partial charge in [0.2, 0.25) is 0 Å². The van der Waals surface area contributed by atoms with Gasteiger partial charge in [0.25, 0.3) is 0 Å². The Hall–Kier alpha value is -1.47. The lowest BCUT2D eigenvalue weighted by Gasteiger charge is -2.29. The molecule has 2 N–H and O–H groups in total. The topological polar surface area (TPSA) is 57.4 Å². The van der Waals surface area contributed by atoms with E-state index >= 15 is 0 Å². The fraction of sp³-hybridized carbons (Fsp3) is 0.381. The second-order valence-electron chi connectivity index (χ2n) is 7.00. The molecule has 3 aromatic rings. The monoisotopic (exact) mass is 446 g/mol. The Labute approximate surface area is 171 Å². The third kappa shape index (κ3) is 4.35. The first-order chi connectivity index (χ1) is 13.2. The minimum atomic E-state index is -0.0713. The Bertz CT molecular complexity index is 875. The van der Waals surface area contributed by atoms with Crippen molar-refractivity contribution in [3.05, 3.63) is 57.5 Å². The Kier molecular flexibility index (Phi) is 6.08. The Morgan fingerprint density at radius 1 is 1.15 bits per heavy atom. The largest absolute Gasteiger partial charge is 0.486 e. The van der Waals surface area contributed by atoms with Crippen molar-refractivity contribution in [1.82, 2.24) is 4.98 Å². The van der Waals surface area contributed by atoms with Crippen LogP contribution in [0, 0.1) is 5.92 Å². The maximum absolute atomic E-state index is 5.96. The van der Waals surface area contributed by atoms with Crippen molar-refractivity contribution in [2.24, 2.45) is 11.8 Å². The minimum absolute atomic E-state index is 0.0713. The first kappa shape index (κ1) is 18.9. The molecule has 1 unspecified atom stereocenters. The molecule has 1 heterocycles. The molecule has 0 radical (unpaired) electrons. The van der Waals surface area contributed by atoms with E-state index in [-0.39, 0.29) is 6.10 Å². The van der Waals surface area contributed by atoms with Crippen molar-refractivity contribution in [2.45, 2.75) is 44.8 Å². The predicted octanol–water partition coefficient (Wildman–Crippen LogP) is 6.15. The summed E-state index contributed by atoms with van der Waals surface area (Å²) >= 11 is 5.35. The van der Waals surface area contributed by atoms with Gasteiger partial charge in [-0.2, -0.15) is 0 Å². The molecule has 27 heavy (non-hydrogen) atoms. The van der Waals surface area contributed by atoms with Crippen LogP contribution in [0.4, 0.5) is 0 Å². The second kappa shape index (κ2) is 8.69. The normalized spacial score (nSPS) is 16.5. The fourth-order valence-corrected chi connectivity index (χ4v) is 5.29. The lowest BCUT2D eigenvalue weighted by Crippen LogP contribution is -2.22. The van der Waals surface area contributed by atoms with Crippen LogP contribution in [0.15, 0.2) is 46.9 Å². The SMILES string of the molecule is NOC(c1ccc(OCc2nc3ccccc3s2)cc1Br)C1CCCCC1. The highest BCUT2D eigenvalue weighted by Gasteiger charge is 2.27. The Morgan fingerprint density at radius 2 is 1.96 bits per heavy atom. The number of rotatable bonds is 6. The number of hydrogen-bond acceptors (Lipinski definition) is 5. The van der Waals surface area contributed by atoms with E-state index in [4.69, 9.17) is 15.5 Å². The third-order valence-electron chi connectivity index (χ3n) is 5.20. The molecule has 0 bridgehead atoms. The van der Waals surface area contributed by atoms with Crippen LogP contribution in [0.25, 0.3) is 10.2 Å². The molecule has 2 aromatic carbocycles. The predicted molar refractivity (Wildman–Crippen MR) is 113 cm³/mol. The molecule has 4 rings (SSSR count). The van der Waals surface area contributed by atoms with Crippen LogP contribution in [0.1, 0.15) is 48.8 Å². The van der Waals surface area contributed by atoms with Crippen LogP contribution >= 0.6 is 27.3 Å². The molecule has 0 amide bonds. The van der Waals surface area contributed by atoms with Gasteiger partial charge in [-0.25, -0.2) is 10.9 Å². The first-order valence-electron chi connectivity index (χ1n) is 9.37. The van der Waals surface area contributed by atoms with Gasteiger partial charge in [0.1, 0.15) is 23.5 Å². The van der Waals surface area contributed by atoms with Gasteiger partial charge < -0.3 is 4.74 Å². The number of benzene rings is 2. The number of fused-ring (bicyclic) bond motifs is 1. The number of ether oxygens (including phenoxy) is 1. The summed E-state index contributed by atoms with van der Waals surface area (Å²) in [5, 5.41) is 0.974. The number of nitrogens with two attached hydrogens (primary N) is 1. The van der Waals surface area contributed by atoms with E-state index in [0.29, 0.717) is 12.5 Å². The zero-order valence-corrected chi connectivity index (χ0v) is 17.5. The fourth-order valence-electron chi connectivity index (χ4n) is 3.83. The molecule has 4 nitrogen and oxygen atoms in total. The number of thiazole rings is 1. The molecule has 1 saturated carbocycles. The van der Waals surface area contributed by atoms with E-state index in [0.717, 1.165) is 26.3 Å². The highest BCUT2D eigenvalue weighted by Crippen LogP contribution is 2.39. The summed E-state index contributed by atoms with van der Waals surface area (Å²) < 4.78 is 8.12. The molecule has 0 saturated heterocycles. The number of para-hydroxylation sites is 1. The van der Waals surface area contributed by atoms with Gasteiger partial charge in [-0.15, -0.1) is 11.3 Å². The van der Waals surface area contributed by atoms with E-state index in [1.165, 1.54) is 36.8 Å². The van der Waals surface area contributed by atoms with E-state index in [9.17, 15) is 0 Å². The van der Waals surface area contributed by atoms with Gasteiger partial charge in [-0.3, -0.25) is 4.84 Å². The smallest absolute Gasteiger partial charge is 0.140 e. The van der Waals surface area contributed by atoms with E-state index in [1.807, 2.05) is 30.3 Å². The molecule has 0 aliphatic heterocycles. The van der Waals surface area contributed by atoms with Crippen molar-refractivity contribution in [3.63, 3.8) is 0 Å². The molecule has 1 aliphatic rings. The molecular weight excluding hydrogens is 424 g/mol. The maximum Gasteiger partial charge on any atom is 0.140 e. The van der Waals surface area contributed by atoms with E-state index in [1.54, 1.807) is 11.3 Å². The van der Waals surface area contributed by atoms with Crippen LogP contribution in [0.3, 0.4) is 0 Å². The summed E-state index contributed by atoms with van der Waals surface area (Å²) in [5.74, 6) is 6.95. The number of nitrogens with zero attached hydrogens (tertiary/aromatic N) is 1. The summed E-state index contributed by atoms with van der Waals surface area (Å²) in [5.41, 5.74) is 2.12. The lowest BCUT2D eigenvalue weighted by atomic mass is 9.83. The Morgan fingerprint density at radius 3 is 2.70 bits per heavy atom. The number of aromatic nitrogens is 1. The van der Waals surface area contributed by atoms with Crippen LogP contribution in [-0.4, -0.2) is 4.98 Å². The van der Waals surface area contributed by atoms with Crippen molar-refractivity contribution in [3.8, 4) is 5.75 Å². The zero-order chi connectivity index (χ0) is 18.6. The van der Waals surface area contributed by atoms with E-state index < -0.39 is 0 Å². The Balaban J connectivity index is 1.45. The van der Waals surface area contributed by atoms with Crippen molar-refractivity contribution in [2.75, 3.05) is 0 Å². The summed E-state index contributed by atoms with van der Waals surface area (Å²) in [4.78, 5) is 10.00. The molecule has 1 aliphatic carbocycles. The number of hydrogen-bond donors (Lipinski definition) is 1. The van der Waals surface area contributed by atoms with Crippen molar-refractivity contribution < 1.29 is 9.57 Å². The van der Waals surface area contributed by atoms with Gasteiger partial charge in [0.05, 0.1) is 10.2 Å². The van der Waals surface area contributed by atoms with Crippen molar-refractivity contribution >= 4 is 37.5 Å². The van der Waals surface area contributed by atoms with Crippen molar-refractivity contribution in [1.29, 1.82) is 0 Å². The molecule has 142 valence electrons. The second-order valence-corrected chi connectivity index (χ2v) is 8.97. The van der Waals surface area contributed by atoms with Gasteiger partial charge in [0.15, 0.2) is 0 Å². The molecular formula is C21H23BrN2O2S. The van der Waals surface area contributed by atoms with Crippen LogP contribution < -0.4 is 10.6 Å². The zero-order valence-electron chi connectivity index (χ0n) is 15.1. The third-order valence-corrected chi connectivity index (χ3v) is 6.90. The van der Waals surface area contributed by atoms with E-state index in [2.05, 4.69) is 33.0 Å². The van der Waals surface area contributed by atoms with Gasteiger partial charge in [-0.05, 0) is 48.6 Å². The van der Waals surface area contributed by atoms with Crippen LogP contribution in [-0.2, 0) is 11.4 Å². The van der Waals surface area contributed by atoms with Crippen LogP contribution in [0.5, 0.6) is 5.75 Å². The molecule has 6 heteroatoms. The number of halogens is 1. The summed E-state index contributed by atoms with van der Waals surface area (Å²) in [6.45, 7) is 0.463. The lowest BCUT2D eigenvalue weighted by molar-refractivity contribution is -0.00324. The molecule has 1 fully saturated rings. The maximum atomic E-state index is 5.96. The average Bonchev–Trinajstić information content (AvgIpc) is 3.12. The highest BCUT2D eigenvalue weighted by atomic mass is 79.9. The first-order valence-corrected chi connectivity index (χ1v) is 11.0. The van der Waals surface area contributed by atoms with Gasteiger partial charge in [0, 0.05) is 4.47 Å². The molecule has 0 spiro atoms.